The van der Waals surface area contributed by atoms with E-state index in [9.17, 15) is 33.6 Å². The van der Waals surface area contributed by atoms with Crippen LogP contribution in [0.25, 0.3) is 0 Å². The number of ketones is 1. The molecule has 6 atom stereocenters. The van der Waals surface area contributed by atoms with Gasteiger partial charge in [-0.15, -0.1) is 0 Å². The Morgan fingerprint density at radius 2 is 1.49 bits per heavy atom. The van der Waals surface area contributed by atoms with Gasteiger partial charge in [-0.3, -0.25) is 28.8 Å². The van der Waals surface area contributed by atoms with Gasteiger partial charge < -0.3 is 35.8 Å². The number of nitrogens with zero attached hydrogens (tertiary/aromatic N) is 2. The van der Waals surface area contributed by atoms with Crippen LogP contribution >= 0.6 is 0 Å². The molecule has 14 nitrogen and oxygen atoms in total. The lowest BCUT2D eigenvalue weighted by Gasteiger charge is -2.35. The molecule has 0 radical (unpaired) electrons. The number of alkyl carbamates (subject to hydrolysis) is 1. The van der Waals surface area contributed by atoms with Crippen LogP contribution in [-0.2, 0) is 46.3 Å². The van der Waals surface area contributed by atoms with E-state index in [1.54, 1.807) is 70.1 Å². The summed E-state index contributed by atoms with van der Waals surface area (Å²) in [6.45, 7) is 9.07. The maximum Gasteiger partial charge on any atom is 0.408 e. The van der Waals surface area contributed by atoms with E-state index < -0.39 is 71.8 Å². The molecular formula is C43H56N6O8. The van der Waals surface area contributed by atoms with Gasteiger partial charge in [-0.05, 0) is 85.8 Å². The molecule has 1 unspecified atom stereocenters. The molecule has 2 saturated carbocycles. The SMILES string of the molecule is CN(C)C(=O)[C@@H](NC(=O)CNC(=O)C(=O)C(CC1CC1)NC(=O)[C@@H]1[C@@H]2[C@H](CN1C(=O)[C@@H](NC(=O)OC(C)(C)C)C1Cc3ccccc3C1)C2(C)C)c1ccccc1. The van der Waals surface area contributed by atoms with Crippen molar-refractivity contribution in [1.29, 1.82) is 0 Å². The minimum Gasteiger partial charge on any atom is -0.444 e. The van der Waals surface area contributed by atoms with Gasteiger partial charge in [0.15, 0.2) is 0 Å². The van der Waals surface area contributed by atoms with Crippen LogP contribution in [0.2, 0.25) is 0 Å². The lowest BCUT2D eigenvalue weighted by atomic mass is 9.93. The minimum absolute atomic E-state index is 0.0265. The molecule has 57 heavy (non-hydrogen) atoms. The molecule has 4 N–H and O–H groups in total. The number of ether oxygens (including phenoxy) is 1. The maximum atomic E-state index is 14.7. The Labute approximate surface area is 334 Å². The number of likely N-dealkylation sites (N-methyl/N-ethyl adjacent to an activating group) is 1. The zero-order chi connectivity index (χ0) is 41.4. The Kier molecular flexibility index (Phi) is 11.8. The second kappa shape index (κ2) is 16.3. The molecule has 0 aromatic heterocycles. The van der Waals surface area contributed by atoms with Crippen LogP contribution in [0.1, 0.15) is 76.6 Å². The Hall–Kier alpha value is -5.27. The lowest BCUT2D eigenvalue weighted by molar-refractivity contribution is -0.145. The monoisotopic (exact) mass is 784 g/mol. The highest BCUT2D eigenvalue weighted by Crippen LogP contribution is 2.65. The summed E-state index contributed by atoms with van der Waals surface area (Å²) in [5.41, 5.74) is 1.71. The van der Waals surface area contributed by atoms with Crippen LogP contribution < -0.4 is 21.3 Å². The van der Waals surface area contributed by atoms with Crippen LogP contribution in [0.15, 0.2) is 54.6 Å². The van der Waals surface area contributed by atoms with Gasteiger partial charge in [-0.1, -0.05) is 81.3 Å². The normalized spacial score (nSPS) is 22.2. The number of nitrogens with one attached hydrogen (secondary N) is 4. The predicted octanol–water partition coefficient (Wildman–Crippen LogP) is 2.69. The summed E-state index contributed by atoms with van der Waals surface area (Å²) < 4.78 is 5.58. The highest BCUT2D eigenvalue weighted by atomic mass is 16.6. The van der Waals surface area contributed by atoms with Gasteiger partial charge in [0.05, 0.1) is 12.6 Å². The number of piperidine rings is 1. The van der Waals surface area contributed by atoms with Crippen molar-refractivity contribution in [3.63, 3.8) is 0 Å². The highest BCUT2D eigenvalue weighted by Gasteiger charge is 2.70. The first kappa shape index (κ1) is 41.4. The molecule has 14 heteroatoms. The summed E-state index contributed by atoms with van der Waals surface area (Å²) in [7, 11) is 3.14. The van der Waals surface area contributed by atoms with Gasteiger partial charge in [0, 0.05) is 20.6 Å². The molecular weight excluding hydrogens is 729 g/mol. The third kappa shape index (κ3) is 9.48. The summed E-state index contributed by atoms with van der Waals surface area (Å²) >= 11 is 0. The zero-order valence-electron chi connectivity index (χ0n) is 33.9. The zero-order valence-corrected chi connectivity index (χ0v) is 33.9. The van der Waals surface area contributed by atoms with E-state index >= 15 is 0 Å². The van der Waals surface area contributed by atoms with Crippen molar-refractivity contribution >= 4 is 41.4 Å². The van der Waals surface area contributed by atoms with E-state index in [0.717, 1.165) is 24.0 Å². The van der Waals surface area contributed by atoms with E-state index in [2.05, 4.69) is 21.3 Å². The van der Waals surface area contributed by atoms with Crippen molar-refractivity contribution in [3.05, 3.63) is 71.3 Å². The molecule has 6 rings (SSSR count). The average molecular weight is 785 g/mol. The Balaban J connectivity index is 1.15. The van der Waals surface area contributed by atoms with Gasteiger partial charge in [-0.25, -0.2) is 4.79 Å². The first-order valence-corrected chi connectivity index (χ1v) is 19.9. The van der Waals surface area contributed by atoms with E-state index in [0.29, 0.717) is 24.9 Å². The van der Waals surface area contributed by atoms with Gasteiger partial charge in [0.1, 0.15) is 23.7 Å². The third-order valence-corrected chi connectivity index (χ3v) is 11.9. The molecule has 3 fully saturated rings. The Morgan fingerprint density at radius 3 is 2.07 bits per heavy atom. The lowest BCUT2D eigenvalue weighted by Crippen LogP contribution is -2.60. The van der Waals surface area contributed by atoms with E-state index in [1.807, 2.05) is 38.1 Å². The molecule has 3 aliphatic carbocycles. The summed E-state index contributed by atoms with van der Waals surface area (Å²) in [6.07, 6.45) is 2.33. The van der Waals surface area contributed by atoms with Crippen molar-refractivity contribution in [3.8, 4) is 0 Å². The third-order valence-electron chi connectivity index (χ3n) is 11.9. The fourth-order valence-corrected chi connectivity index (χ4v) is 8.62. The first-order chi connectivity index (χ1) is 26.9. The quantitative estimate of drug-likeness (QED) is 0.211. The molecule has 0 spiro atoms. The molecule has 1 saturated heterocycles. The van der Waals surface area contributed by atoms with E-state index in [4.69, 9.17) is 4.74 Å². The molecule has 6 amide bonds. The largest absolute Gasteiger partial charge is 0.444 e. The molecule has 1 heterocycles. The first-order valence-electron chi connectivity index (χ1n) is 19.9. The van der Waals surface area contributed by atoms with Crippen molar-refractivity contribution in [2.45, 2.75) is 96.5 Å². The van der Waals surface area contributed by atoms with Crippen LogP contribution in [0.3, 0.4) is 0 Å². The summed E-state index contributed by atoms with van der Waals surface area (Å²) in [5, 5.41) is 10.7. The van der Waals surface area contributed by atoms with Gasteiger partial charge in [0.2, 0.25) is 29.4 Å². The molecule has 2 aromatic carbocycles. The predicted molar refractivity (Wildman–Crippen MR) is 210 cm³/mol. The minimum atomic E-state index is -1.18. The second-order valence-corrected chi connectivity index (χ2v) is 17.9. The van der Waals surface area contributed by atoms with Crippen molar-refractivity contribution in [2.75, 3.05) is 27.2 Å². The van der Waals surface area contributed by atoms with Crippen LogP contribution in [0.4, 0.5) is 4.79 Å². The molecule has 1 aliphatic heterocycles. The topological polar surface area (TPSA) is 183 Å². The number of likely N-dealkylation sites (tertiary alicyclic amines) is 1. The number of carbonyl (C=O) groups is 7. The molecule has 306 valence electrons. The molecule has 4 aliphatic rings. The number of amides is 6. The van der Waals surface area contributed by atoms with Crippen molar-refractivity contribution in [2.24, 2.45) is 29.1 Å². The second-order valence-electron chi connectivity index (χ2n) is 17.9. The highest BCUT2D eigenvalue weighted by molar-refractivity contribution is 6.38. The van der Waals surface area contributed by atoms with Crippen LogP contribution in [0.5, 0.6) is 0 Å². The average Bonchev–Trinajstić information content (AvgIpc) is 3.91. The smallest absolute Gasteiger partial charge is 0.408 e. The number of fused-ring (bicyclic) bond motifs is 2. The number of rotatable bonds is 14. The number of benzene rings is 2. The fourth-order valence-electron chi connectivity index (χ4n) is 8.62. The van der Waals surface area contributed by atoms with Gasteiger partial charge in [-0.2, -0.15) is 0 Å². The number of hydrogen-bond donors (Lipinski definition) is 4. The molecule has 0 bridgehead atoms. The standard InChI is InChI=1S/C43H56N6O8/c1-42(2,3)57-41(56)47-34(28-20-26-15-11-12-16-27(26)21-28)40(55)49-23-29-32(43(29,4)5)35(49)37(52)45-30(19-24-17-18-24)36(51)38(53)44-22-31(50)46-33(39(54)48(6)7)25-13-9-8-10-14-25/h8-16,24,28-30,32-35H,17-23H2,1-7H3,(H,44,53)(H,45,52)(H,46,50)(H,47,56)/t29-,30?,32-,33-,34-,35-/m0/s1. The fraction of sp³-hybridized carbons (Fsp3) is 0.558. The Bertz CT molecular complexity index is 1880. The maximum absolute atomic E-state index is 14.7. The number of Topliss-reactive ketones (excluding diaryl/α,β-unsaturated/α-hetero) is 1. The number of carbonyl (C=O) groups excluding carboxylic acids is 7. The number of hydrogen-bond acceptors (Lipinski definition) is 8. The Morgan fingerprint density at radius 1 is 0.877 bits per heavy atom. The molecule has 2 aromatic rings. The summed E-state index contributed by atoms with van der Waals surface area (Å²) in [6, 6.07) is 12.5. The van der Waals surface area contributed by atoms with Crippen LogP contribution in [0, 0.1) is 29.1 Å². The van der Waals surface area contributed by atoms with E-state index in [1.165, 1.54) is 4.90 Å². The summed E-state index contributed by atoms with van der Waals surface area (Å²) in [5.74, 6) is -4.22. The van der Waals surface area contributed by atoms with Crippen LogP contribution in [-0.4, -0.2) is 102 Å². The van der Waals surface area contributed by atoms with Gasteiger partial charge >= 0.3 is 6.09 Å². The van der Waals surface area contributed by atoms with E-state index in [-0.39, 0.29) is 41.4 Å². The van der Waals surface area contributed by atoms with Gasteiger partial charge in [0.25, 0.3) is 5.91 Å². The van der Waals surface area contributed by atoms with Crippen molar-refractivity contribution in [1.82, 2.24) is 31.1 Å². The van der Waals surface area contributed by atoms with Crippen molar-refractivity contribution < 1.29 is 38.3 Å². The summed E-state index contributed by atoms with van der Waals surface area (Å²) in [4.78, 5) is 98.0.